The lowest BCUT2D eigenvalue weighted by Crippen LogP contribution is -2.27. The van der Waals surface area contributed by atoms with Crippen LogP contribution in [0.2, 0.25) is 0 Å². The van der Waals surface area contributed by atoms with Crippen LogP contribution in [0.1, 0.15) is 17.4 Å². The van der Waals surface area contributed by atoms with Crippen molar-refractivity contribution in [1.29, 1.82) is 0 Å². The summed E-state index contributed by atoms with van der Waals surface area (Å²) in [5.41, 5.74) is 3.26. The Balaban J connectivity index is 1.78. The molecule has 1 N–H and O–H groups in total. The second-order valence-electron chi connectivity index (χ2n) is 3.94. The predicted molar refractivity (Wildman–Crippen MR) is 68.6 cm³/mol. The van der Waals surface area contributed by atoms with Crippen molar-refractivity contribution in [1.82, 2.24) is 10.3 Å². The summed E-state index contributed by atoms with van der Waals surface area (Å²) in [4.78, 5) is 5.35. The van der Waals surface area contributed by atoms with E-state index < -0.39 is 0 Å². The Labute approximate surface area is 100 Å². The van der Waals surface area contributed by atoms with Gasteiger partial charge in [-0.1, -0.05) is 30.3 Å². The molecule has 1 heterocycles. The van der Waals surface area contributed by atoms with Gasteiger partial charge in [0.2, 0.25) is 0 Å². The minimum atomic E-state index is 0.490. The summed E-state index contributed by atoms with van der Waals surface area (Å²) in [5, 5.41) is 3.50. The maximum Gasteiger partial charge on any atom is 0.0794 e. The topological polar surface area (TPSA) is 24.9 Å². The van der Waals surface area contributed by atoms with Gasteiger partial charge in [-0.15, -0.1) is 11.3 Å². The molecule has 1 aromatic heterocycles. The molecule has 1 atom stereocenters. The van der Waals surface area contributed by atoms with Crippen molar-refractivity contribution >= 4 is 11.3 Å². The first-order valence-corrected chi connectivity index (χ1v) is 6.37. The van der Waals surface area contributed by atoms with E-state index >= 15 is 0 Å². The number of nitrogens with one attached hydrogen (secondary N) is 1. The minimum Gasteiger partial charge on any atom is -0.309 e. The largest absolute Gasteiger partial charge is 0.309 e. The first kappa shape index (κ1) is 11.3. The molecule has 0 saturated carbocycles. The van der Waals surface area contributed by atoms with Crippen molar-refractivity contribution in [3.8, 4) is 0 Å². The van der Waals surface area contributed by atoms with Gasteiger partial charge in [-0.25, -0.2) is 0 Å². The van der Waals surface area contributed by atoms with E-state index in [-0.39, 0.29) is 0 Å². The number of aromatic nitrogens is 1. The molecule has 0 radical (unpaired) electrons. The van der Waals surface area contributed by atoms with Crippen LogP contribution in [0.3, 0.4) is 0 Å². The highest BCUT2D eigenvalue weighted by atomic mass is 32.1. The molecule has 2 aromatic rings. The predicted octanol–water partition coefficient (Wildman–Crippen LogP) is 2.86. The molecular formula is C13H16N2S. The number of hydrogen-bond acceptors (Lipinski definition) is 3. The smallest absolute Gasteiger partial charge is 0.0794 e. The highest BCUT2D eigenvalue weighted by molar-refractivity contribution is 7.09. The van der Waals surface area contributed by atoms with Crippen LogP contribution in [0.5, 0.6) is 0 Å². The summed E-state index contributed by atoms with van der Waals surface area (Å²) in [6, 6.07) is 11.1. The van der Waals surface area contributed by atoms with Gasteiger partial charge in [0.25, 0.3) is 0 Å². The lowest BCUT2D eigenvalue weighted by atomic mass is 10.1. The monoisotopic (exact) mass is 232 g/mol. The number of rotatable bonds is 5. The van der Waals surface area contributed by atoms with E-state index in [1.54, 1.807) is 11.3 Å². The van der Waals surface area contributed by atoms with Gasteiger partial charge >= 0.3 is 0 Å². The third-order valence-electron chi connectivity index (χ3n) is 2.49. The second kappa shape index (κ2) is 5.77. The van der Waals surface area contributed by atoms with E-state index in [0.717, 1.165) is 13.0 Å². The Morgan fingerprint density at radius 2 is 2.12 bits per heavy atom. The van der Waals surface area contributed by atoms with E-state index in [1.807, 2.05) is 11.7 Å². The van der Waals surface area contributed by atoms with Gasteiger partial charge < -0.3 is 5.32 Å². The first-order chi connectivity index (χ1) is 7.84. The Morgan fingerprint density at radius 1 is 1.31 bits per heavy atom. The Hall–Kier alpha value is -1.19. The quantitative estimate of drug-likeness (QED) is 0.857. The molecule has 0 aliphatic rings. The van der Waals surface area contributed by atoms with Gasteiger partial charge in [0, 0.05) is 23.7 Å². The number of nitrogens with zero attached hydrogens (tertiary/aromatic N) is 1. The van der Waals surface area contributed by atoms with E-state index in [2.05, 4.69) is 47.6 Å². The summed E-state index contributed by atoms with van der Waals surface area (Å²) >= 11 is 1.70. The lowest BCUT2D eigenvalue weighted by molar-refractivity contribution is 0.548. The highest BCUT2D eigenvalue weighted by Crippen LogP contribution is 2.07. The fourth-order valence-electron chi connectivity index (χ4n) is 1.64. The van der Waals surface area contributed by atoms with Crippen LogP contribution in [0.15, 0.2) is 42.0 Å². The number of benzene rings is 1. The fourth-order valence-corrected chi connectivity index (χ4v) is 2.19. The zero-order valence-electron chi connectivity index (χ0n) is 9.39. The highest BCUT2D eigenvalue weighted by Gasteiger charge is 2.03. The molecule has 0 aliphatic carbocycles. The molecule has 0 saturated heterocycles. The molecule has 3 heteroatoms. The van der Waals surface area contributed by atoms with Gasteiger partial charge in [0.15, 0.2) is 0 Å². The van der Waals surface area contributed by atoms with Crippen LogP contribution in [0, 0.1) is 0 Å². The summed E-state index contributed by atoms with van der Waals surface area (Å²) in [7, 11) is 0. The second-order valence-corrected chi connectivity index (χ2v) is 4.91. The molecular weight excluding hydrogens is 216 g/mol. The molecule has 0 bridgehead atoms. The molecule has 0 amide bonds. The van der Waals surface area contributed by atoms with Gasteiger partial charge in [0.1, 0.15) is 0 Å². The van der Waals surface area contributed by atoms with Crippen LogP contribution in [-0.4, -0.2) is 11.0 Å². The van der Waals surface area contributed by atoms with Gasteiger partial charge in [0.05, 0.1) is 5.51 Å². The van der Waals surface area contributed by atoms with Crippen molar-refractivity contribution < 1.29 is 0 Å². The van der Waals surface area contributed by atoms with E-state index in [9.17, 15) is 0 Å². The van der Waals surface area contributed by atoms with Gasteiger partial charge in [-0.05, 0) is 18.9 Å². The maximum absolute atomic E-state index is 4.06. The van der Waals surface area contributed by atoms with Crippen molar-refractivity contribution in [2.45, 2.75) is 25.9 Å². The average molecular weight is 232 g/mol. The van der Waals surface area contributed by atoms with Crippen molar-refractivity contribution in [3.63, 3.8) is 0 Å². The summed E-state index contributed by atoms with van der Waals surface area (Å²) in [5.74, 6) is 0. The molecule has 0 aliphatic heterocycles. The van der Waals surface area contributed by atoms with Crippen molar-refractivity contribution in [3.05, 3.63) is 52.5 Å². The van der Waals surface area contributed by atoms with E-state index in [4.69, 9.17) is 0 Å². The SMILES string of the molecule is CC(Cc1ccccc1)NCc1cncs1. The first-order valence-electron chi connectivity index (χ1n) is 5.49. The van der Waals surface area contributed by atoms with Crippen LogP contribution >= 0.6 is 11.3 Å². The number of hydrogen-bond donors (Lipinski definition) is 1. The average Bonchev–Trinajstić information content (AvgIpc) is 2.81. The van der Waals surface area contributed by atoms with Crippen LogP contribution in [-0.2, 0) is 13.0 Å². The Kier molecular flexibility index (Phi) is 4.08. The maximum atomic E-state index is 4.06. The molecule has 84 valence electrons. The van der Waals surface area contributed by atoms with Crippen molar-refractivity contribution in [2.75, 3.05) is 0 Å². The third-order valence-corrected chi connectivity index (χ3v) is 3.27. The summed E-state index contributed by atoms with van der Waals surface area (Å²) in [6.07, 6.45) is 2.99. The minimum absolute atomic E-state index is 0.490. The summed E-state index contributed by atoms with van der Waals surface area (Å²) < 4.78 is 0. The van der Waals surface area contributed by atoms with Crippen LogP contribution < -0.4 is 5.32 Å². The molecule has 2 nitrogen and oxygen atoms in total. The van der Waals surface area contributed by atoms with Crippen LogP contribution in [0.4, 0.5) is 0 Å². The zero-order valence-corrected chi connectivity index (χ0v) is 10.2. The van der Waals surface area contributed by atoms with Gasteiger partial charge in [-0.3, -0.25) is 4.98 Å². The molecule has 2 rings (SSSR count). The zero-order chi connectivity index (χ0) is 11.2. The fraction of sp³-hybridized carbons (Fsp3) is 0.308. The number of thiazole rings is 1. The molecule has 16 heavy (non-hydrogen) atoms. The Bertz CT molecular complexity index is 397. The van der Waals surface area contributed by atoms with Gasteiger partial charge in [-0.2, -0.15) is 0 Å². The molecule has 1 aromatic carbocycles. The Morgan fingerprint density at radius 3 is 2.81 bits per heavy atom. The van der Waals surface area contributed by atoms with Crippen molar-refractivity contribution in [2.24, 2.45) is 0 Å². The summed E-state index contributed by atoms with van der Waals surface area (Å²) in [6.45, 7) is 3.13. The lowest BCUT2D eigenvalue weighted by Gasteiger charge is -2.12. The normalized spacial score (nSPS) is 12.6. The molecule has 0 spiro atoms. The standard InChI is InChI=1S/C13H16N2S/c1-11(7-12-5-3-2-4-6-12)15-9-13-8-14-10-16-13/h2-6,8,10-11,15H,7,9H2,1H3. The molecule has 1 unspecified atom stereocenters. The third kappa shape index (κ3) is 3.43. The van der Waals surface area contributed by atoms with Crippen LogP contribution in [0.25, 0.3) is 0 Å². The van der Waals surface area contributed by atoms with E-state index in [1.165, 1.54) is 10.4 Å². The van der Waals surface area contributed by atoms with E-state index in [0.29, 0.717) is 6.04 Å². The molecule has 0 fully saturated rings.